The molecule has 0 bridgehead atoms. The fraction of sp³-hybridized carbons (Fsp3) is 0.290. The molecule has 4 aromatic rings. The lowest BCUT2D eigenvalue weighted by molar-refractivity contribution is 0.0725. The number of aryl methyl sites for hydroxylation is 2. The minimum atomic E-state index is -0.563. The molecule has 1 atom stereocenters. The Hall–Kier alpha value is -4.06. The molecule has 37 heavy (non-hydrogen) atoms. The van der Waals surface area contributed by atoms with Crippen LogP contribution in [0.3, 0.4) is 0 Å². The summed E-state index contributed by atoms with van der Waals surface area (Å²) in [4.78, 5) is 29.2. The highest BCUT2D eigenvalue weighted by atomic mass is 16.5. The zero-order valence-corrected chi connectivity index (χ0v) is 21.7. The summed E-state index contributed by atoms with van der Waals surface area (Å²) in [6, 6.07) is 18.7. The molecule has 2 heterocycles. The first-order chi connectivity index (χ1) is 17.9. The van der Waals surface area contributed by atoms with Gasteiger partial charge in [-0.2, -0.15) is 0 Å². The molecular formula is C31H31NO5. The maximum absolute atomic E-state index is 13.9. The van der Waals surface area contributed by atoms with Gasteiger partial charge in [-0.25, -0.2) is 0 Å². The smallest absolute Gasteiger partial charge is 0.290 e. The summed E-state index contributed by atoms with van der Waals surface area (Å²) in [5.41, 5.74) is 4.33. The number of unbranched alkanes of at least 4 members (excludes halogenated alkanes) is 1. The van der Waals surface area contributed by atoms with Crippen molar-refractivity contribution in [3.05, 3.63) is 104 Å². The second-order valence-corrected chi connectivity index (χ2v) is 9.57. The van der Waals surface area contributed by atoms with Crippen molar-refractivity contribution in [1.29, 1.82) is 0 Å². The number of ether oxygens (including phenoxy) is 2. The molecule has 6 nitrogen and oxygen atoms in total. The van der Waals surface area contributed by atoms with E-state index in [4.69, 9.17) is 13.9 Å². The molecule has 1 aliphatic heterocycles. The van der Waals surface area contributed by atoms with Crippen LogP contribution in [0.4, 0.5) is 0 Å². The van der Waals surface area contributed by atoms with Gasteiger partial charge in [0.1, 0.15) is 12.2 Å². The first-order valence-corrected chi connectivity index (χ1v) is 12.7. The lowest BCUT2D eigenvalue weighted by Crippen LogP contribution is -2.30. The number of nitrogens with zero attached hydrogens (tertiary/aromatic N) is 1. The van der Waals surface area contributed by atoms with E-state index in [-0.39, 0.29) is 17.1 Å². The van der Waals surface area contributed by atoms with Crippen LogP contribution in [0, 0.1) is 13.8 Å². The molecule has 190 valence electrons. The number of hydrogen-bond donors (Lipinski definition) is 0. The van der Waals surface area contributed by atoms with Crippen molar-refractivity contribution in [2.75, 3.05) is 13.7 Å². The van der Waals surface area contributed by atoms with E-state index in [0.29, 0.717) is 41.2 Å². The third kappa shape index (κ3) is 4.48. The second-order valence-electron chi connectivity index (χ2n) is 9.57. The summed E-state index contributed by atoms with van der Waals surface area (Å²) in [6.07, 6.45) is 1.74. The lowest BCUT2D eigenvalue weighted by Gasteiger charge is -2.25. The second kappa shape index (κ2) is 10.1. The van der Waals surface area contributed by atoms with E-state index in [1.54, 1.807) is 12.0 Å². The van der Waals surface area contributed by atoms with Gasteiger partial charge in [-0.05, 0) is 60.7 Å². The van der Waals surface area contributed by atoms with Gasteiger partial charge in [0.15, 0.2) is 16.9 Å². The van der Waals surface area contributed by atoms with Crippen molar-refractivity contribution < 1.29 is 18.7 Å². The molecule has 3 aromatic carbocycles. The quantitative estimate of drug-likeness (QED) is 0.284. The highest BCUT2D eigenvalue weighted by Crippen LogP contribution is 2.41. The summed E-state index contributed by atoms with van der Waals surface area (Å²) in [6.45, 7) is 6.85. The summed E-state index contributed by atoms with van der Waals surface area (Å²) in [5.74, 6) is 1.01. The molecule has 0 radical (unpaired) electrons. The third-order valence-electron chi connectivity index (χ3n) is 6.91. The SMILES string of the molecule is CCCCN1C(=O)c2oc3cc(C)cc(C)c3c(=O)c2C1c1ccc(OCc2ccccc2)c(OC)c1. The molecule has 1 aliphatic rings. The largest absolute Gasteiger partial charge is 0.493 e. The Morgan fingerprint density at radius 2 is 1.76 bits per heavy atom. The number of methoxy groups -OCH3 is 1. The third-order valence-corrected chi connectivity index (χ3v) is 6.91. The standard InChI is InChI=1S/C31H31NO5/c1-5-6-14-32-28(22-12-13-23(24(17-22)35-4)36-18-21-10-8-7-9-11-21)27-29(33)26-20(3)15-19(2)16-25(26)37-30(27)31(32)34/h7-13,15-17,28H,5-6,14,18H2,1-4H3. The van der Waals surface area contributed by atoms with Gasteiger partial charge < -0.3 is 18.8 Å². The van der Waals surface area contributed by atoms with Crippen molar-refractivity contribution in [1.82, 2.24) is 4.90 Å². The van der Waals surface area contributed by atoms with E-state index < -0.39 is 6.04 Å². The van der Waals surface area contributed by atoms with Crippen LogP contribution in [0.2, 0.25) is 0 Å². The average Bonchev–Trinajstić information content (AvgIpc) is 3.17. The van der Waals surface area contributed by atoms with Crippen LogP contribution in [-0.4, -0.2) is 24.5 Å². The van der Waals surface area contributed by atoms with E-state index in [9.17, 15) is 9.59 Å². The van der Waals surface area contributed by atoms with Gasteiger partial charge in [-0.1, -0.05) is 55.8 Å². The van der Waals surface area contributed by atoms with E-state index in [0.717, 1.165) is 35.1 Å². The number of rotatable bonds is 8. The Balaban J connectivity index is 1.60. The number of amides is 1. The summed E-state index contributed by atoms with van der Waals surface area (Å²) in [5, 5.41) is 0.522. The van der Waals surface area contributed by atoms with Crippen molar-refractivity contribution in [3.8, 4) is 11.5 Å². The highest BCUT2D eigenvalue weighted by Gasteiger charge is 2.42. The van der Waals surface area contributed by atoms with Gasteiger partial charge in [-0.3, -0.25) is 9.59 Å². The van der Waals surface area contributed by atoms with E-state index in [1.165, 1.54) is 0 Å². The van der Waals surface area contributed by atoms with Gasteiger partial charge in [0, 0.05) is 6.54 Å². The molecule has 1 amide bonds. The predicted molar refractivity (Wildman–Crippen MR) is 144 cm³/mol. The predicted octanol–water partition coefficient (Wildman–Crippen LogP) is 6.34. The average molecular weight is 498 g/mol. The minimum Gasteiger partial charge on any atom is -0.493 e. The Bertz CT molecular complexity index is 1520. The number of benzene rings is 3. The topological polar surface area (TPSA) is 69.0 Å². The van der Waals surface area contributed by atoms with Gasteiger partial charge in [0.2, 0.25) is 5.76 Å². The van der Waals surface area contributed by atoms with E-state index in [1.807, 2.05) is 74.5 Å². The number of carbonyl (C=O) groups excluding carboxylic acids is 1. The molecule has 0 spiro atoms. The molecule has 1 aromatic heterocycles. The van der Waals surface area contributed by atoms with Crippen molar-refractivity contribution >= 4 is 16.9 Å². The minimum absolute atomic E-state index is 0.131. The van der Waals surface area contributed by atoms with Crippen LogP contribution in [0.1, 0.15) is 64.2 Å². The maximum atomic E-state index is 13.9. The first-order valence-electron chi connectivity index (χ1n) is 12.7. The number of fused-ring (bicyclic) bond motifs is 2. The Labute approximate surface area is 216 Å². The Morgan fingerprint density at radius 3 is 2.49 bits per heavy atom. The monoisotopic (exact) mass is 497 g/mol. The van der Waals surface area contributed by atoms with Gasteiger partial charge >= 0.3 is 0 Å². The molecule has 6 heteroatoms. The molecule has 5 rings (SSSR count). The van der Waals surface area contributed by atoms with Crippen LogP contribution in [0.25, 0.3) is 11.0 Å². The zero-order valence-electron chi connectivity index (χ0n) is 21.7. The van der Waals surface area contributed by atoms with Crippen molar-refractivity contribution in [2.24, 2.45) is 0 Å². The molecule has 1 unspecified atom stereocenters. The van der Waals surface area contributed by atoms with Crippen molar-refractivity contribution in [2.45, 2.75) is 46.3 Å². The van der Waals surface area contributed by atoms with Crippen LogP contribution < -0.4 is 14.9 Å². The first kappa shape index (κ1) is 24.6. The van der Waals surface area contributed by atoms with E-state index in [2.05, 4.69) is 6.92 Å². The Morgan fingerprint density at radius 1 is 0.973 bits per heavy atom. The van der Waals surface area contributed by atoms with Crippen LogP contribution >= 0.6 is 0 Å². The molecular weight excluding hydrogens is 466 g/mol. The maximum Gasteiger partial charge on any atom is 0.290 e. The lowest BCUT2D eigenvalue weighted by atomic mass is 9.96. The number of hydrogen-bond acceptors (Lipinski definition) is 5. The van der Waals surface area contributed by atoms with Crippen LogP contribution in [0.15, 0.2) is 69.9 Å². The highest BCUT2D eigenvalue weighted by molar-refractivity contribution is 5.99. The van der Waals surface area contributed by atoms with Gasteiger partial charge in [-0.15, -0.1) is 0 Å². The van der Waals surface area contributed by atoms with E-state index >= 15 is 0 Å². The fourth-order valence-corrected chi connectivity index (χ4v) is 5.13. The van der Waals surface area contributed by atoms with Crippen LogP contribution in [-0.2, 0) is 6.61 Å². The number of carbonyl (C=O) groups is 1. The molecule has 0 N–H and O–H groups in total. The molecule has 0 aliphatic carbocycles. The van der Waals surface area contributed by atoms with Crippen molar-refractivity contribution in [3.63, 3.8) is 0 Å². The van der Waals surface area contributed by atoms with Gasteiger partial charge in [0.05, 0.1) is 24.1 Å². The van der Waals surface area contributed by atoms with Crippen LogP contribution in [0.5, 0.6) is 11.5 Å². The summed E-state index contributed by atoms with van der Waals surface area (Å²) >= 11 is 0. The molecule has 0 saturated carbocycles. The summed E-state index contributed by atoms with van der Waals surface area (Å²) in [7, 11) is 1.59. The molecule has 0 fully saturated rings. The Kier molecular flexibility index (Phi) is 6.74. The normalized spacial score (nSPS) is 14.8. The zero-order chi connectivity index (χ0) is 26.1. The van der Waals surface area contributed by atoms with Gasteiger partial charge in [0.25, 0.3) is 5.91 Å². The molecule has 0 saturated heterocycles. The summed E-state index contributed by atoms with van der Waals surface area (Å²) < 4.78 is 17.8. The fourth-order valence-electron chi connectivity index (χ4n) is 5.13.